The number of hydrogen-bond acceptors (Lipinski definition) is 6. The molecule has 47 heavy (non-hydrogen) atoms. The Morgan fingerprint density at radius 2 is 1.72 bits per heavy atom. The molecule has 3 aliphatic heterocycles. The predicted octanol–water partition coefficient (Wildman–Crippen LogP) is 4.78. The molecule has 0 spiro atoms. The zero-order valence-corrected chi connectivity index (χ0v) is 28.5. The summed E-state index contributed by atoms with van der Waals surface area (Å²) in [5.74, 6) is 6.61. The maximum absolute atomic E-state index is 12.6. The van der Waals surface area contributed by atoms with Gasteiger partial charge >= 0.3 is 0 Å². The maximum atomic E-state index is 12.6. The van der Waals surface area contributed by atoms with E-state index in [0.29, 0.717) is 24.5 Å². The van der Waals surface area contributed by atoms with Crippen molar-refractivity contribution in [1.29, 1.82) is 0 Å². The normalized spacial score (nSPS) is 17.1. The fourth-order valence-corrected chi connectivity index (χ4v) is 7.90. The fraction of sp³-hybridized carbons (Fsp3) is 0.378. The Labute approximate surface area is 283 Å². The fourth-order valence-electron chi connectivity index (χ4n) is 6.94. The van der Waals surface area contributed by atoms with E-state index in [0.717, 1.165) is 98.8 Å². The van der Waals surface area contributed by atoms with Gasteiger partial charge in [-0.2, -0.15) is 9.40 Å². The molecular formula is C37H41ClN6O2S. The molecule has 10 heteroatoms. The minimum Gasteiger partial charge on any atom is -0.369 e. The number of anilines is 1. The number of fused-ring (bicyclic) bond motifs is 2. The number of para-hydroxylation sites is 1. The van der Waals surface area contributed by atoms with Gasteiger partial charge in [-0.05, 0) is 66.9 Å². The molecule has 0 bridgehead atoms. The third-order valence-electron chi connectivity index (χ3n) is 9.58. The van der Waals surface area contributed by atoms with E-state index in [4.69, 9.17) is 16.7 Å². The van der Waals surface area contributed by atoms with Gasteiger partial charge in [-0.1, -0.05) is 53.8 Å². The highest BCUT2D eigenvalue weighted by Gasteiger charge is 2.30. The van der Waals surface area contributed by atoms with Crippen molar-refractivity contribution in [1.82, 2.24) is 24.3 Å². The van der Waals surface area contributed by atoms with E-state index < -0.39 is 10.0 Å². The number of hydrogen-bond donors (Lipinski definition) is 1. The maximum Gasteiger partial charge on any atom is 0.211 e. The van der Waals surface area contributed by atoms with Crippen LogP contribution in [0, 0.1) is 11.8 Å². The van der Waals surface area contributed by atoms with Gasteiger partial charge in [-0.3, -0.25) is 9.58 Å². The average Bonchev–Trinajstić information content (AvgIpc) is 3.46. The SMILES string of the molecule is CS(=O)(=O)N1CCc2c(c(-c3ccc(Cl)c(C#Cc4ccc5c(c4)CNCC5)c3)nn2CCCN2CCN(c3ccccc3)CC2)C1. The van der Waals surface area contributed by atoms with Crippen LogP contribution in [0.3, 0.4) is 0 Å². The molecule has 8 nitrogen and oxygen atoms in total. The van der Waals surface area contributed by atoms with E-state index in [1.54, 1.807) is 4.31 Å². The Bertz CT molecular complexity index is 1920. The van der Waals surface area contributed by atoms with E-state index in [-0.39, 0.29) is 0 Å². The van der Waals surface area contributed by atoms with Crippen LogP contribution < -0.4 is 10.2 Å². The summed E-state index contributed by atoms with van der Waals surface area (Å²) in [4.78, 5) is 4.99. The van der Waals surface area contributed by atoms with Crippen molar-refractivity contribution in [3.8, 4) is 23.1 Å². The van der Waals surface area contributed by atoms with Gasteiger partial charge in [0.25, 0.3) is 0 Å². The highest BCUT2D eigenvalue weighted by Crippen LogP contribution is 2.33. The van der Waals surface area contributed by atoms with E-state index in [9.17, 15) is 8.42 Å². The number of halogens is 1. The highest BCUT2D eigenvalue weighted by atomic mass is 35.5. The predicted molar refractivity (Wildman–Crippen MR) is 189 cm³/mol. The highest BCUT2D eigenvalue weighted by molar-refractivity contribution is 7.88. The van der Waals surface area contributed by atoms with E-state index in [1.165, 1.54) is 23.1 Å². The van der Waals surface area contributed by atoms with Gasteiger partial charge in [0.15, 0.2) is 0 Å². The summed E-state index contributed by atoms with van der Waals surface area (Å²) in [6, 6.07) is 22.9. The van der Waals surface area contributed by atoms with Gasteiger partial charge < -0.3 is 10.2 Å². The lowest BCUT2D eigenvalue weighted by atomic mass is 9.98. The summed E-state index contributed by atoms with van der Waals surface area (Å²) in [6.07, 6.45) is 3.93. The second-order valence-electron chi connectivity index (χ2n) is 12.7. The van der Waals surface area contributed by atoms with Crippen molar-refractivity contribution in [2.45, 2.75) is 38.9 Å². The summed E-state index contributed by atoms with van der Waals surface area (Å²) >= 11 is 6.65. The van der Waals surface area contributed by atoms with Crippen LogP contribution in [-0.4, -0.2) is 79.5 Å². The van der Waals surface area contributed by atoms with Crippen LogP contribution in [0.5, 0.6) is 0 Å². The third-order valence-corrected chi connectivity index (χ3v) is 11.2. The Hall–Kier alpha value is -3.65. The van der Waals surface area contributed by atoms with Crippen LogP contribution in [0.25, 0.3) is 11.3 Å². The Balaban J connectivity index is 1.10. The number of rotatable bonds is 7. The molecule has 0 amide bonds. The molecular weight excluding hydrogens is 628 g/mol. The molecule has 1 N–H and O–H groups in total. The molecule has 244 valence electrons. The number of aromatic nitrogens is 2. The van der Waals surface area contributed by atoms with Gasteiger partial charge in [0, 0.05) is 99.0 Å². The molecule has 4 aromatic rings. The number of aryl methyl sites for hydroxylation is 1. The smallest absolute Gasteiger partial charge is 0.211 e. The van der Waals surface area contributed by atoms with Crippen molar-refractivity contribution in [3.63, 3.8) is 0 Å². The minimum absolute atomic E-state index is 0.317. The monoisotopic (exact) mass is 668 g/mol. The van der Waals surface area contributed by atoms with Crippen LogP contribution in [0.15, 0.2) is 66.7 Å². The summed E-state index contributed by atoms with van der Waals surface area (Å²) < 4.78 is 28.8. The first-order valence-electron chi connectivity index (χ1n) is 16.5. The van der Waals surface area contributed by atoms with Crippen molar-refractivity contribution < 1.29 is 8.42 Å². The van der Waals surface area contributed by atoms with Gasteiger partial charge in [0.2, 0.25) is 10.0 Å². The van der Waals surface area contributed by atoms with Crippen molar-refractivity contribution in [2.24, 2.45) is 0 Å². The van der Waals surface area contributed by atoms with Crippen LogP contribution in [0.4, 0.5) is 5.69 Å². The van der Waals surface area contributed by atoms with Crippen LogP contribution in [0.2, 0.25) is 5.02 Å². The third kappa shape index (κ3) is 7.28. The second kappa shape index (κ2) is 13.8. The Kier molecular flexibility index (Phi) is 9.40. The molecule has 1 aromatic heterocycles. The first kappa shape index (κ1) is 31.9. The molecule has 0 radical (unpaired) electrons. The van der Waals surface area contributed by atoms with E-state index in [2.05, 4.69) is 80.2 Å². The van der Waals surface area contributed by atoms with Crippen LogP contribution in [-0.2, 0) is 42.5 Å². The number of benzene rings is 3. The standard InChI is InChI=1S/C37H41ClN6O2S/c1-47(45,46)43-19-15-36-34(27-43)37(40-44(36)18-5-17-41-20-22-42(23-21-41)33-6-3-2-4-7-33)31-12-13-35(38)30(25-31)11-9-28-8-10-29-14-16-39-26-32(29)24-28/h2-4,6-8,10,12-13,24-25,39H,5,14-23,26-27H2,1H3. The Morgan fingerprint density at radius 3 is 2.53 bits per heavy atom. The quantitative estimate of drug-likeness (QED) is 0.286. The van der Waals surface area contributed by atoms with Gasteiger partial charge in [0.1, 0.15) is 0 Å². The van der Waals surface area contributed by atoms with Crippen molar-refractivity contribution in [3.05, 3.63) is 105 Å². The van der Waals surface area contributed by atoms with Crippen molar-refractivity contribution >= 4 is 27.3 Å². The summed E-state index contributed by atoms with van der Waals surface area (Å²) in [6.45, 7) is 8.57. The number of sulfonamides is 1. The molecule has 0 saturated carbocycles. The van der Waals surface area contributed by atoms with Crippen molar-refractivity contribution in [2.75, 3.05) is 57.0 Å². The largest absolute Gasteiger partial charge is 0.369 e. The molecule has 1 saturated heterocycles. The van der Waals surface area contributed by atoms with Gasteiger partial charge in [0.05, 0.1) is 17.0 Å². The van der Waals surface area contributed by atoms with Crippen LogP contribution >= 0.6 is 11.6 Å². The first-order chi connectivity index (χ1) is 22.8. The van der Waals surface area contributed by atoms with E-state index in [1.807, 2.05) is 18.2 Å². The second-order valence-corrected chi connectivity index (χ2v) is 15.1. The zero-order chi connectivity index (χ0) is 32.4. The van der Waals surface area contributed by atoms with Crippen LogP contribution in [0.1, 0.15) is 39.9 Å². The lowest BCUT2D eigenvalue weighted by Gasteiger charge is -2.36. The molecule has 0 atom stereocenters. The molecule has 0 unspecified atom stereocenters. The topological polar surface area (TPSA) is 73.7 Å². The molecule has 0 aliphatic carbocycles. The minimum atomic E-state index is -3.34. The first-order valence-corrected chi connectivity index (χ1v) is 18.7. The average molecular weight is 669 g/mol. The summed E-state index contributed by atoms with van der Waals surface area (Å²) in [7, 11) is -3.34. The summed E-state index contributed by atoms with van der Waals surface area (Å²) in [5.41, 5.74) is 9.46. The lowest BCUT2D eigenvalue weighted by Crippen LogP contribution is -2.46. The number of nitrogens with one attached hydrogen (secondary N) is 1. The van der Waals surface area contributed by atoms with Gasteiger partial charge in [-0.15, -0.1) is 0 Å². The molecule has 3 aromatic carbocycles. The zero-order valence-electron chi connectivity index (χ0n) is 26.9. The Morgan fingerprint density at radius 1 is 0.894 bits per heavy atom. The molecule has 7 rings (SSSR count). The number of nitrogens with zero attached hydrogens (tertiary/aromatic N) is 5. The summed E-state index contributed by atoms with van der Waals surface area (Å²) in [5, 5.41) is 9.13. The molecule has 3 aliphatic rings. The van der Waals surface area contributed by atoms with Gasteiger partial charge in [-0.25, -0.2) is 8.42 Å². The number of piperazine rings is 1. The van der Waals surface area contributed by atoms with E-state index >= 15 is 0 Å². The lowest BCUT2D eigenvalue weighted by molar-refractivity contribution is 0.248. The molecule has 4 heterocycles. The molecule has 1 fully saturated rings.